The molecule has 100 valence electrons. The fourth-order valence-corrected chi connectivity index (χ4v) is 1.43. The van der Waals surface area contributed by atoms with Crippen LogP contribution in [0.25, 0.3) is 0 Å². The van der Waals surface area contributed by atoms with Gasteiger partial charge in [-0.25, -0.2) is 23.3 Å². The molecule has 0 radical (unpaired) electrons. The van der Waals surface area contributed by atoms with Gasteiger partial charge < -0.3 is 0 Å². The van der Waals surface area contributed by atoms with E-state index in [1.807, 2.05) is 0 Å². The third-order valence-corrected chi connectivity index (χ3v) is 2.37. The molecule has 0 atom stereocenters. The van der Waals surface area contributed by atoms with Crippen molar-refractivity contribution in [1.29, 1.82) is 0 Å². The molecule has 0 heterocycles. The van der Waals surface area contributed by atoms with E-state index in [2.05, 4.69) is 64.2 Å². The molecule has 0 fully saturated rings. The van der Waals surface area contributed by atoms with Crippen molar-refractivity contribution >= 4 is 24.8 Å². The zero-order valence-electron chi connectivity index (χ0n) is 11.5. The molecule has 0 aromatic carbocycles. The number of hydrogen-bond donors (Lipinski definition) is 0. The van der Waals surface area contributed by atoms with Crippen LogP contribution in [0.5, 0.6) is 0 Å². The summed E-state index contributed by atoms with van der Waals surface area (Å²) >= 11 is 0. The molecule has 0 saturated carbocycles. The minimum Gasteiger partial charge on any atom is -0.270 e. The summed E-state index contributed by atoms with van der Waals surface area (Å²) in [5, 5.41) is 0. The van der Waals surface area contributed by atoms with Crippen LogP contribution in [0.3, 0.4) is 0 Å². The molecule has 0 unspecified atom stereocenters. The molecule has 0 N–H and O–H groups in total. The van der Waals surface area contributed by atoms with Crippen molar-refractivity contribution in [3.8, 4) is 0 Å². The fourth-order valence-electron chi connectivity index (χ4n) is 1.43. The van der Waals surface area contributed by atoms with E-state index in [0.717, 1.165) is 12.8 Å². The van der Waals surface area contributed by atoms with Crippen molar-refractivity contribution in [2.75, 3.05) is 0 Å². The van der Waals surface area contributed by atoms with E-state index in [0.29, 0.717) is 5.41 Å². The third kappa shape index (κ3) is 9.37. The van der Waals surface area contributed by atoms with Gasteiger partial charge >= 0.3 is 26.2 Å². The molecule has 0 bridgehead atoms. The van der Waals surface area contributed by atoms with E-state index in [1.165, 1.54) is 11.1 Å². The van der Waals surface area contributed by atoms with Crippen molar-refractivity contribution in [2.24, 2.45) is 5.41 Å². The Morgan fingerprint density at radius 2 is 1.44 bits per heavy atom. The van der Waals surface area contributed by atoms with Crippen molar-refractivity contribution in [1.82, 2.24) is 0 Å². The molecule has 0 aliphatic heterocycles. The van der Waals surface area contributed by atoms with Crippen LogP contribution in [0, 0.1) is 17.6 Å². The summed E-state index contributed by atoms with van der Waals surface area (Å²) in [6.45, 7) is 8.70. The number of allylic oxidation sites excluding steroid dienone is 8. The Bertz CT molecular complexity index is 328. The Morgan fingerprint density at radius 1 is 0.944 bits per heavy atom. The second-order valence-electron chi connectivity index (χ2n) is 4.91. The topological polar surface area (TPSA) is 0 Å². The van der Waals surface area contributed by atoms with Gasteiger partial charge in [-0.3, -0.25) is 12.2 Å². The number of hydrogen-bond acceptors (Lipinski definition) is 0. The Morgan fingerprint density at radius 3 is 1.61 bits per heavy atom. The minimum absolute atomic E-state index is 0. The number of halogens is 2. The van der Waals surface area contributed by atoms with Crippen LogP contribution in [0.2, 0.25) is 0 Å². The van der Waals surface area contributed by atoms with Crippen LogP contribution in [0.1, 0.15) is 40.5 Å². The van der Waals surface area contributed by atoms with E-state index >= 15 is 0 Å². The van der Waals surface area contributed by atoms with Gasteiger partial charge in [-0.2, -0.15) is 12.2 Å². The molecule has 2 aliphatic rings. The van der Waals surface area contributed by atoms with Crippen LogP contribution in [0.4, 0.5) is 0 Å². The van der Waals surface area contributed by atoms with Crippen molar-refractivity contribution in [3.63, 3.8) is 0 Å². The summed E-state index contributed by atoms with van der Waals surface area (Å²) < 4.78 is 0. The smallest absolute Gasteiger partial charge is 0.270 e. The monoisotopic (exact) mass is 362 g/mol. The minimum atomic E-state index is 0. The first-order valence-corrected chi connectivity index (χ1v) is 5.52. The first kappa shape index (κ1) is 23.5. The Hall–Kier alpha value is 0.423. The normalized spacial score (nSPS) is 15.3. The maximum Gasteiger partial charge on any atom is 2.00 e. The summed E-state index contributed by atoms with van der Waals surface area (Å²) in [5.41, 5.74) is 2.92. The second kappa shape index (κ2) is 11.3. The summed E-state index contributed by atoms with van der Waals surface area (Å²) in [7, 11) is 0. The van der Waals surface area contributed by atoms with Gasteiger partial charge in [-0.05, 0) is 5.41 Å². The average molecular weight is 364 g/mol. The predicted molar refractivity (Wildman–Crippen MR) is 80.7 cm³/mol. The van der Waals surface area contributed by atoms with E-state index in [4.69, 9.17) is 0 Å². The van der Waals surface area contributed by atoms with Crippen LogP contribution < -0.4 is 0 Å². The maximum absolute atomic E-state index is 3.30. The Balaban J connectivity index is -0.000000225. The molecule has 2 aliphatic carbocycles. The van der Waals surface area contributed by atoms with E-state index in [1.54, 1.807) is 0 Å². The van der Waals surface area contributed by atoms with Gasteiger partial charge in [0.25, 0.3) is 0 Å². The molecule has 18 heavy (non-hydrogen) atoms. The van der Waals surface area contributed by atoms with Crippen LogP contribution in [0.15, 0.2) is 35.5 Å². The van der Waals surface area contributed by atoms with E-state index in [-0.39, 0.29) is 51.0 Å². The molecular weight excluding hydrogens is 342 g/mol. The summed E-state index contributed by atoms with van der Waals surface area (Å²) in [5.74, 6) is 0. The largest absolute Gasteiger partial charge is 2.00 e. The summed E-state index contributed by atoms with van der Waals surface area (Å²) in [6.07, 6.45) is 17.0. The first-order chi connectivity index (χ1) is 7.00. The van der Waals surface area contributed by atoms with Crippen molar-refractivity contribution in [3.05, 3.63) is 47.6 Å². The molecule has 0 saturated heterocycles. The third-order valence-electron chi connectivity index (χ3n) is 2.37. The van der Waals surface area contributed by atoms with Crippen molar-refractivity contribution < 1.29 is 26.2 Å². The SMILES string of the molecule is CC(C)(C)C1=[C-]CC=C1.CC1=[C-]CC=C1.Cl.Cl.[Zr+2]. The maximum atomic E-state index is 3.30. The summed E-state index contributed by atoms with van der Waals surface area (Å²) in [4.78, 5) is 0. The summed E-state index contributed by atoms with van der Waals surface area (Å²) in [6, 6.07) is 0. The van der Waals surface area contributed by atoms with Crippen LogP contribution in [-0.4, -0.2) is 0 Å². The molecule has 0 aromatic heterocycles. The van der Waals surface area contributed by atoms with Gasteiger partial charge in [0.1, 0.15) is 0 Å². The first-order valence-electron chi connectivity index (χ1n) is 5.52. The molecular formula is C15H22Cl2Zr. The zero-order valence-corrected chi connectivity index (χ0v) is 15.6. The second-order valence-corrected chi connectivity index (χ2v) is 4.91. The molecule has 3 heteroatoms. The van der Waals surface area contributed by atoms with Crippen LogP contribution in [-0.2, 0) is 26.2 Å². The Kier molecular flexibility index (Phi) is 14.7. The Labute approximate surface area is 144 Å². The van der Waals surface area contributed by atoms with Crippen LogP contribution >= 0.6 is 24.8 Å². The van der Waals surface area contributed by atoms with E-state index in [9.17, 15) is 0 Å². The van der Waals surface area contributed by atoms with Crippen molar-refractivity contribution in [2.45, 2.75) is 40.5 Å². The van der Waals surface area contributed by atoms with Gasteiger partial charge in [-0.15, -0.1) is 37.7 Å². The predicted octanol–water partition coefficient (Wildman–Crippen LogP) is 5.26. The standard InChI is InChI=1S/C9H13.C6H7.2ClH.Zr/c1-9(2,3)8-6-4-5-7-8;1-6-4-2-3-5-6;;;/h4,6H,5H2,1-3H3;2,4H,3H2,1H3;2*1H;/q2*-1;;;+2. The molecule has 0 amide bonds. The molecule has 0 spiro atoms. The van der Waals surface area contributed by atoms with Gasteiger partial charge in [0.15, 0.2) is 0 Å². The average Bonchev–Trinajstić information content (AvgIpc) is 2.73. The van der Waals surface area contributed by atoms with Gasteiger partial charge in [-0.1, -0.05) is 27.7 Å². The van der Waals surface area contributed by atoms with Gasteiger partial charge in [0.05, 0.1) is 0 Å². The van der Waals surface area contributed by atoms with Gasteiger partial charge in [0.2, 0.25) is 0 Å². The number of rotatable bonds is 0. The molecule has 0 aromatic rings. The molecule has 2 rings (SSSR count). The quantitative estimate of drug-likeness (QED) is 0.515. The van der Waals surface area contributed by atoms with Gasteiger partial charge in [0, 0.05) is 0 Å². The zero-order chi connectivity index (χ0) is 11.3. The molecule has 0 nitrogen and oxygen atoms in total. The fraction of sp³-hybridized carbons (Fsp3) is 0.467. The van der Waals surface area contributed by atoms with E-state index < -0.39 is 0 Å².